The molecule has 0 heterocycles. The van der Waals surface area contributed by atoms with Gasteiger partial charge in [0.2, 0.25) is 0 Å². The topological polar surface area (TPSA) is 73.6 Å². The molecule has 102 valence electrons. The smallest absolute Gasteiger partial charge is 0.308 e. The summed E-state index contributed by atoms with van der Waals surface area (Å²) in [5, 5.41) is 18.2. The largest absolute Gasteiger partial charge is 0.495 e. The monoisotopic (exact) mass is 282 g/mol. The lowest BCUT2D eigenvalue weighted by Crippen LogP contribution is -2.32. The maximum absolute atomic E-state index is 10.9. The average Bonchev–Trinajstić information content (AvgIpc) is 2.37. The Bertz CT molecular complexity index is 499. The number of nitrogens with zero attached hydrogens (tertiary/aromatic N) is 2. The molecule has 0 aliphatic rings. The minimum absolute atomic E-state index is 0.0975. The Hall–Kier alpha value is -1.93. The quantitative estimate of drug-likeness (QED) is 0.811. The van der Waals surface area contributed by atoms with Gasteiger partial charge in [-0.3, -0.25) is 4.79 Å². The van der Waals surface area contributed by atoms with Crippen LogP contribution in [0.4, 0.5) is 5.69 Å². The molecule has 5 nitrogen and oxygen atoms in total. The summed E-state index contributed by atoms with van der Waals surface area (Å²) in [6.07, 6.45) is 0. The van der Waals surface area contributed by atoms with Crippen molar-refractivity contribution in [3.63, 3.8) is 0 Å². The van der Waals surface area contributed by atoms with Gasteiger partial charge < -0.3 is 14.7 Å². The highest BCUT2D eigenvalue weighted by Gasteiger charge is 2.17. The van der Waals surface area contributed by atoms with Gasteiger partial charge >= 0.3 is 5.97 Å². The normalized spacial score (nSPS) is 11.5. The van der Waals surface area contributed by atoms with Crippen molar-refractivity contribution in [1.82, 2.24) is 0 Å². The third-order valence-electron chi connectivity index (χ3n) is 2.68. The molecule has 1 atom stereocenters. The molecule has 0 aromatic heterocycles. The molecule has 0 fully saturated rings. The van der Waals surface area contributed by atoms with Crippen LogP contribution in [0.25, 0.3) is 0 Å². The van der Waals surface area contributed by atoms with E-state index in [0.29, 0.717) is 16.5 Å². The van der Waals surface area contributed by atoms with E-state index >= 15 is 0 Å². The molecule has 1 unspecified atom stereocenters. The highest BCUT2D eigenvalue weighted by Crippen LogP contribution is 2.29. The molecular weight excluding hydrogens is 268 g/mol. The highest BCUT2D eigenvalue weighted by molar-refractivity contribution is 6.32. The third-order valence-corrected chi connectivity index (χ3v) is 2.97. The zero-order chi connectivity index (χ0) is 14.4. The number of carbonyl (C=O) groups is 1. The molecule has 1 aromatic carbocycles. The van der Waals surface area contributed by atoms with E-state index in [-0.39, 0.29) is 13.1 Å². The molecule has 0 spiro atoms. The van der Waals surface area contributed by atoms with Gasteiger partial charge in [-0.2, -0.15) is 5.26 Å². The van der Waals surface area contributed by atoms with E-state index in [1.54, 1.807) is 30.0 Å². The molecule has 0 amide bonds. The van der Waals surface area contributed by atoms with Gasteiger partial charge in [-0.25, -0.2) is 0 Å². The maximum Gasteiger partial charge on any atom is 0.308 e. The third kappa shape index (κ3) is 4.04. The number of benzene rings is 1. The minimum atomic E-state index is -0.900. The first-order valence-electron chi connectivity index (χ1n) is 5.67. The van der Waals surface area contributed by atoms with Crippen LogP contribution in [0.3, 0.4) is 0 Å². The van der Waals surface area contributed by atoms with Gasteiger partial charge in [0, 0.05) is 12.2 Å². The molecule has 19 heavy (non-hydrogen) atoms. The molecule has 0 radical (unpaired) electrons. The Morgan fingerprint density at radius 1 is 1.63 bits per heavy atom. The van der Waals surface area contributed by atoms with E-state index in [2.05, 4.69) is 0 Å². The number of methoxy groups -OCH3 is 1. The second-order valence-corrected chi connectivity index (χ2v) is 4.50. The molecule has 0 saturated heterocycles. The van der Waals surface area contributed by atoms with Crippen LogP contribution in [0.5, 0.6) is 5.75 Å². The van der Waals surface area contributed by atoms with E-state index in [1.807, 2.05) is 6.07 Å². The van der Waals surface area contributed by atoms with Gasteiger partial charge in [0.1, 0.15) is 12.3 Å². The van der Waals surface area contributed by atoms with Crippen LogP contribution in [0.2, 0.25) is 5.02 Å². The number of aliphatic carboxylic acids is 1. The molecule has 1 rings (SSSR count). The molecule has 1 N–H and O–H groups in total. The van der Waals surface area contributed by atoms with E-state index in [0.717, 1.165) is 0 Å². The zero-order valence-electron chi connectivity index (χ0n) is 10.8. The van der Waals surface area contributed by atoms with E-state index in [4.69, 9.17) is 26.7 Å². The van der Waals surface area contributed by atoms with Crippen molar-refractivity contribution in [1.29, 1.82) is 5.26 Å². The number of anilines is 1. The fraction of sp³-hybridized carbons (Fsp3) is 0.385. The molecular formula is C13H15ClN2O3. The van der Waals surface area contributed by atoms with Gasteiger partial charge in [-0.1, -0.05) is 18.5 Å². The summed E-state index contributed by atoms with van der Waals surface area (Å²) in [6, 6.07) is 7.11. The Morgan fingerprint density at radius 3 is 2.79 bits per heavy atom. The number of halogens is 1. The standard InChI is InChI=1S/C13H15ClN2O3/c1-9(13(17)18)8-16(6-5-15)10-3-4-12(19-2)11(14)7-10/h3-4,7,9H,6,8H2,1-2H3,(H,17,18). The average molecular weight is 283 g/mol. The van der Waals surface area contributed by atoms with Crippen molar-refractivity contribution >= 4 is 23.3 Å². The van der Waals surface area contributed by atoms with Crippen LogP contribution < -0.4 is 9.64 Å². The zero-order valence-corrected chi connectivity index (χ0v) is 11.5. The second kappa shape index (κ2) is 6.86. The summed E-state index contributed by atoms with van der Waals surface area (Å²) in [6.45, 7) is 1.93. The second-order valence-electron chi connectivity index (χ2n) is 4.10. The fourth-order valence-electron chi connectivity index (χ4n) is 1.61. The lowest BCUT2D eigenvalue weighted by Gasteiger charge is -2.24. The molecule has 0 bridgehead atoms. The summed E-state index contributed by atoms with van der Waals surface area (Å²) < 4.78 is 5.05. The van der Waals surface area contributed by atoms with Crippen molar-refractivity contribution in [2.24, 2.45) is 5.92 Å². The van der Waals surface area contributed by atoms with E-state index in [9.17, 15) is 4.79 Å². The lowest BCUT2D eigenvalue weighted by molar-refractivity contribution is -0.140. The van der Waals surface area contributed by atoms with Gasteiger partial charge in [0.25, 0.3) is 0 Å². The number of carboxylic acid groups (broad SMARTS) is 1. The molecule has 0 saturated carbocycles. The van der Waals surface area contributed by atoms with Crippen LogP contribution in [-0.4, -0.2) is 31.3 Å². The number of nitriles is 1. The number of hydrogen-bond donors (Lipinski definition) is 1. The number of carboxylic acids is 1. The van der Waals surface area contributed by atoms with Crippen LogP contribution in [0.15, 0.2) is 18.2 Å². The first-order valence-corrected chi connectivity index (χ1v) is 6.05. The van der Waals surface area contributed by atoms with Crippen molar-refractivity contribution in [3.8, 4) is 11.8 Å². The summed E-state index contributed by atoms with van der Waals surface area (Å²) in [5.41, 5.74) is 0.695. The van der Waals surface area contributed by atoms with Crippen LogP contribution in [0, 0.1) is 17.2 Å². The minimum Gasteiger partial charge on any atom is -0.495 e. The van der Waals surface area contributed by atoms with Crippen molar-refractivity contribution in [2.45, 2.75) is 6.92 Å². The first kappa shape index (κ1) is 15.1. The SMILES string of the molecule is COc1ccc(N(CC#N)CC(C)C(=O)O)cc1Cl. The van der Waals surface area contributed by atoms with Gasteiger partial charge in [-0.15, -0.1) is 0 Å². The maximum atomic E-state index is 10.9. The van der Waals surface area contributed by atoms with Gasteiger partial charge in [-0.05, 0) is 18.2 Å². The fourth-order valence-corrected chi connectivity index (χ4v) is 1.86. The van der Waals surface area contributed by atoms with Crippen molar-refractivity contribution in [2.75, 3.05) is 25.1 Å². The number of rotatable bonds is 6. The Morgan fingerprint density at radius 2 is 2.32 bits per heavy atom. The summed E-state index contributed by atoms with van der Waals surface area (Å²) in [7, 11) is 1.51. The Labute approximate surface area is 117 Å². The Balaban J connectivity index is 2.96. The predicted octanol–water partition coefficient (Wildman–Crippen LogP) is 2.40. The van der Waals surface area contributed by atoms with Gasteiger partial charge in [0.05, 0.1) is 24.1 Å². The first-order chi connectivity index (χ1) is 8.99. The summed E-state index contributed by atoms with van der Waals surface area (Å²) in [4.78, 5) is 12.6. The molecule has 0 aliphatic heterocycles. The molecule has 0 aliphatic carbocycles. The van der Waals surface area contributed by atoms with E-state index < -0.39 is 11.9 Å². The Kier molecular flexibility index (Phi) is 5.46. The van der Waals surface area contributed by atoms with E-state index in [1.165, 1.54) is 7.11 Å². The predicted molar refractivity (Wildman–Crippen MR) is 72.6 cm³/mol. The highest BCUT2D eigenvalue weighted by atomic mass is 35.5. The number of hydrogen-bond acceptors (Lipinski definition) is 4. The van der Waals surface area contributed by atoms with Crippen molar-refractivity contribution in [3.05, 3.63) is 23.2 Å². The summed E-state index contributed by atoms with van der Waals surface area (Å²) >= 11 is 6.02. The van der Waals surface area contributed by atoms with Crippen molar-refractivity contribution < 1.29 is 14.6 Å². The van der Waals surface area contributed by atoms with Crippen LogP contribution in [0.1, 0.15) is 6.92 Å². The number of ether oxygens (including phenoxy) is 1. The van der Waals surface area contributed by atoms with Gasteiger partial charge in [0.15, 0.2) is 0 Å². The van der Waals surface area contributed by atoms with Crippen LogP contribution in [-0.2, 0) is 4.79 Å². The molecule has 1 aromatic rings. The molecule has 6 heteroatoms. The summed E-state index contributed by atoms with van der Waals surface area (Å²) in [5.74, 6) is -0.939. The lowest BCUT2D eigenvalue weighted by atomic mass is 10.1. The van der Waals surface area contributed by atoms with Crippen LogP contribution >= 0.6 is 11.6 Å².